The molecule has 0 radical (unpaired) electrons. The number of nitrogens with zero attached hydrogens (tertiary/aromatic N) is 2. The van der Waals surface area contributed by atoms with Gasteiger partial charge in [-0.3, -0.25) is 0 Å². The van der Waals surface area contributed by atoms with Crippen LogP contribution in [0.15, 0.2) is 41.1 Å². The average Bonchev–Trinajstić information content (AvgIpc) is 2.81. The third kappa shape index (κ3) is 2.18. The number of nitrogens with one attached hydrogen (secondary N) is 1. The molecule has 0 saturated carbocycles. The van der Waals surface area contributed by atoms with E-state index in [1.165, 1.54) is 5.56 Å². The molecule has 16 heavy (non-hydrogen) atoms. The number of aromatic nitrogens is 2. The second-order valence-corrected chi connectivity index (χ2v) is 4.58. The summed E-state index contributed by atoms with van der Waals surface area (Å²) in [4.78, 5) is 0. The molecular weight excluding hydrogens is 266 g/mol. The van der Waals surface area contributed by atoms with Gasteiger partial charge in [0, 0.05) is 22.9 Å². The van der Waals surface area contributed by atoms with Crippen molar-refractivity contribution >= 4 is 15.9 Å². The molecule has 2 rings (SSSR count). The second-order valence-electron chi connectivity index (χ2n) is 3.66. The molecule has 1 unspecified atom stereocenters. The monoisotopic (exact) mass is 279 g/mol. The fourth-order valence-corrected chi connectivity index (χ4v) is 2.03. The molecule has 2 aromatic rings. The van der Waals surface area contributed by atoms with Crippen LogP contribution >= 0.6 is 15.9 Å². The Hall–Kier alpha value is -1.13. The minimum absolute atomic E-state index is 0.289. The van der Waals surface area contributed by atoms with Crippen LogP contribution in [0.2, 0.25) is 0 Å². The van der Waals surface area contributed by atoms with Crippen LogP contribution in [0.4, 0.5) is 0 Å². The van der Waals surface area contributed by atoms with Crippen LogP contribution in [0.1, 0.15) is 18.5 Å². The molecule has 1 atom stereocenters. The van der Waals surface area contributed by atoms with Crippen LogP contribution < -0.4 is 5.32 Å². The van der Waals surface area contributed by atoms with E-state index in [1.54, 1.807) is 6.20 Å². The normalized spacial score (nSPS) is 12.7. The largest absolute Gasteiger partial charge is 0.313 e. The summed E-state index contributed by atoms with van der Waals surface area (Å²) in [6.07, 6.45) is 3.74. The quantitative estimate of drug-likeness (QED) is 0.936. The van der Waals surface area contributed by atoms with Crippen molar-refractivity contribution in [2.75, 3.05) is 7.05 Å². The predicted molar refractivity (Wildman–Crippen MR) is 68.7 cm³/mol. The number of rotatable bonds is 3. The molecule has 0 aliphatic heterocycles. The zero-order chi connectivity index (χ0) is 11.5. The van der Waals surface area contributed by atoms with Gasteiger partial charge in [0.1, 0.15) is 0 Å². The van der Waals surface area contributed by atoms with Gasteiger partial charge in [-0.05, 0) is 43.8 Å². The molecule has 0 aliphatic carbocycles. The summed E-state index contributed by atoms with van der Waals surface area (Å²) in [5.74, 6) is 0. The molecule has 0 amide bonds. The molecule has 0 bridgehead atoms. The first-order chi connectivity index (χ1) is 7.72. The van der Waals surface area contributed by atoms with E-state index in [2.05, 4.69) is 45.4 Å². The summed E-state index contributed by atoms with van der Waals surface area (Å²) < 4.78 is 2.97. The maximum atomic E-state index is 4.27. The highest BCUT2D eigenvalue weighted by molar-refractivity contribution is 9.10. The highest BCUT2D eigenvalue weighted by Gasteiger charge is 2.10. The highest BCUT2D eigenvalue weighted by atomic mass is 79.9. The first-order valence-electron chi connectivity index (χ1n) is 5.19. The zero-order valence-electron chi connectivity index (χ0n) is 9.31. The summed E-state index contributed by atoms with van der Waals surface area (Å²) in [5.41, 5.74) is 2.33. The minimum Gasteiger partial charge on any atom is -0.313 e. The Kier molecular flexibility index (Phi) is 3.41. The van der Waals surface area contributed by atoms with Gasteiger partial charge in [0.05, 0.1) is 5.69 Å². The summed E-state index contributed by atoms with van der Waals surface area (Å²) in [6, 6.07) is 8.44. The van der Waals surface area contributed by atoms with E-state index < -0.39 is 0 Å². The Morgan fingerprint density at radius 1 is 1.44 bits per heavy atom. The topological polar surface area (TPSA) is 29.9 Å². The van der Waals surface area contributed by atoms with E-state index in [1.807, 2.05) is 30.1 Å². The van der Waals surface area contributed by atoms with Gasteiger partial charge in [0.25, 0.3) is 0 Å². The van der Waals surface area contributed by atoms with E-state index in [4.69, 9.17) is 0 Å². The third-order valence-corrected chi connectivity index (χ3v) is 3.13. The van der Waals surface area contributed by atoms with E-state index in [9.17, 15) is 0 Å². The molecule has 3 nitrogen and oxygen atoms in total. The van der Waals surface area contributed by atoms with Crippen LogP contribution in [-0.2, 0) is 0 Å². The molecule has 0 saturated heterocycles. The van der Waals surface area contributed by atoms with Gasteiger partial charge < -0.3 is 5.32 Å². The number of hydrogen-bond acceptors (Lipinski definition) is 2. The molecule has 1 aromatic carbocycles. The second kappa shape index (κ2) is 4.80. The van der Waals surface area contributed by atoms with Crippen molar-refractivity contribution in [3.63, 3.8) is 0 Å². The van der Waals surface area contributed by atoms with Crippen molar-refractivity contribution in [3.8, 4) is 5.69 Å². The third-order valence-electron chi connectivity index (χ3n) is 2.64. The summed E-state index contributed by atoms with van der Waals surface area (Å²) in [5, 5.41) is 7.52. The van der Waals surface area contributed by atoms with Gasteiger partial charge in [0.15, 0.2) is 0 Å². The Bertz CT molecular complexity index is 465. The smallest absolute Gasteiger partial charge is 0.0694 e. The van der Waals surface area contributed by atoms with Gasteiger partial charge >= 0.3 is 0 Å². The first-order valence-corrected chi connectivity index (χ1v) is 5.98. The van der Waals surface area contributed by atoms with Crippen LogP contribution in [0.25, 0.3) is 5.69 Å². The van der Waals surface area contributed by atoms with Crippen molar-refractivity contribution in [2.24, 2.45) is 0 Å². The molecule has 0 aliphatic rings. The molecule has 0 spiro atoms. The van der Waals surface area contributed by atoms with Crippen LogP contribution in [-0.4, -0.2) is 16.8 Å². The lowest BCUT2D eigenvalue weighted by molar-refractivity contribution is 0.644. The van der Waals surface area contributed by atoms with Crippen molar-refractivity contribution < 1.29 is 0 Å². The van der Waals surface area contributed by atoms with Gasteiger partial charge in [-0.1, -0.05) is 15.9 Å². The SMILES string of the molecule is CNC(C)c1cc(Br)ccc1-n1cccn1. The van der Waals surface area contributed by atoms with Crippen LogP contribution in [0.3, 0.4) is 0 Å². The maximum Gasteiger partial charge on any atom is 0.0694 e. The Balaban J connectivity index is 2.52. The van der Waals surface area contributed by atoms with Crippen molar-refractivity contribution in [1.82, 2.24) is 15.1 Å². The molecule has 84 valence electrons. The minimum atomic E-state index is 0.289. The Morgan fingerprint density at radius 3 is 2.88 bits per heavy atom. The van der Waals surface area contributed by atoms with Gasteiger partial charge in [-0.2, -0.15) is 5.10 Å². The molecule has 4 heteroatoms. The number of benzene rings is 1. The van der Waals surface area contributed by atoms with Crippen molar-refractivity contribution in [3.05, 3.63) is 46.7 Å². The zero-order valence-corrected chi connectivity index (χ0v) is 10.9. The van der Waals surface area contributed by atoms with E-state index in [-0.39, 0.29) is 6.04 Å². The molecule has 1 N–H and O–H groups in total. The van der Waals surface area contributed by atoms with E-state index in [0.29, 0.717) is 0 Å². The van der Waals surface area contributed by atoms with Gasteiger partial charge in [0.2, 0.25) is 0 Å². The lowest BCUT2D eigenvalue weighted by Crippen LogP contribution is -2.15. The Morgan fingerprint density at radius 2 is 2.25 bits per heavy atom. The fraction of sp³-hybridized carbons (Fsp3) is 0.250. The average molecular weight is 280 g/mol. The van der Waals surface area contributed by atoms with Crippen LogP contribution in [0, 0.1) is 0 Å². The summed E-state index contributed by atoms with van der Waals surface area (Å²) >= 11 is 3.50. The maximum absolute atomic E-state index is 4.27. The van der Waals surface area contributed by atoms with Crippen LogP contribution in [0.5, 0.6) is 0 Å². The molecule has 1 heterocycles. The summed E-state index contributed by atoms with van der Waals surface area (Å²) in [6.45, 7) is 2.13. The number of halogens is 1. The summed E-state index contributed by atoms with van der Waals surface area (Å²) in [7, 11) is 1.96. The Labute approximate surface area is 104 Å². The lowest BCUT2D eigenvalue weighted by Gasteiger charge is -2.16. The molecular formula is C12H14BrN3. The van der Waals surface area contributed by atoms with Gasteiger partial charge in [-0.15, -0.1) is 0 Å². The number of hydrogen-bond donors (Lipinski definition) is 1. The lowest BCUT2D eigenvalue weighted by atomic mass is 10.1. The highest BCUT2D eigenvalue weighted by Crippen LogP contribution is 2.24. The molecule has 0 fully saturated rings. The standard InChI is InChI=1S/C12H14BrN3/c1-9(14-2)11-8-10(13)4-5-12(11)16-7-3-6-15-16/h3-9,14H,1-2H3. The predicted octanol–water partition coefficient (Wildman–Crippen LogP) is 2.92. The molecule has 1 aromatic heterocycles. The van der Waals surface area contributed by atoms with Crippen molar-refractivity contribution in [1.29, 1.82) is 0 Å². The van der Waals surface area contributed by atoms with E-state index >= 15 is 0 Å². The van der Waals surface area contributed by atoms with Gasteiger partial charge in [-0.25, -0.2) is 4.68 Å². The van der Waals surface area contributed by atoms with E-state index in [0.717, 1.165) is 10.2 Å². The first kappa shape index (κ1) is 11.4. The van der Waals surface area contributed by atoms with Crippen molar-refractivity contribution in [2.45, 2.75) is 13.0 Å². The fourth-order valence-electron chi connectivity index (χ4n) is 1.65.